The number of carbonyl (C=O) groups is 3. The molecule has 3 amide bonds. The monoisotopic (exact) mass is 331 g/mol. The van der Waals surface area contributed by atoms with Crippen molar-refractivity contribution in [1.29, 1.82) is 0 Å². The normalized spacial score (nSPS) is 16.8. The molecule has 24 heavy (non-hydrogen) atoms. The number of carbonyl (C=O) groups excluding carboxylic acids is 3. The first-order chi connectivity index (χ1) is 11.3. The minimum Gasteiger partial charge on any atom is -0.484 e. The molecule has 1 aliphatic heterocycles. The van der Waals surface area contributed by atoms with Crippen LogP contribution in [0.3, 0.4) is 0 Å². The van der Waals surface area contributed by atoms with Gasteiger partial charge in [-0.1, -0.05) is 12.1 Å². The van der Waals surface area contributed by atoms with E-state index in [-0.39, 0.29) is 18.4 Å². The molecule has 0 atom stereocenters. The molecule has 7 heteroatoms. The maximum atomic E-state index is 12.4. The van der Waals surface area contributed by atoms with Crippen LogP contribution in [-0.2, 0) is 14.4 Å². The molecule has 1 aromatic rings. The van der Waals surface area contributed by atoms with Gasteiger partial charge in [-0.3, -0.25) is 14.4 Å². The van der Waals surface area contributed by atoms with E-state index in [9.17, 15) is 14.4 Å². The predicted octanol–water partition coefficient (Wildman–Crippen LogP) is 0.301. The van der Waals surface area contributed by atoms with Crippen LogP contribution in [0.15, 0.2) is 30.3 Å². The van der Waals surface area contributed by atoms with E-state index in [4.69, 9.17) is 10.5 Å². The Morgan fingerprint density at radius 1 is 1.33 bits per heavy atom. The molecule has 1 aliphatic rings. The average Bonchev–Trinajstić information content (AvgIpc) is 2.54. The molecule has 7 nitrogen and oxygen atoms in total. The molecule has 0 aromatic heterocycles. The number of piperazine rings is 1. The molecule has 1 fully saturated rings. The first-order valence-corrected chi connectivity index (χ1v) is 7.60. The van der Waals surface area contributed by atoms with Crippen molar-refractivity contribution in [3.8, 4) is 5.75 Å². The Kier molecular flexibility index (Phi) is 5.23. The van der Waals surface area contributed by atoms with Gasteiger partial charge in [0.1, 0.15) is 11.3 Å². The van der Waals surface area contributed by atoms with Gasteiger partial charge in [-0.25, -0.2) is 0 Å². The number of nitrogens with one attached hydrogen (secondary N) is 1. The van der Waals surface area contributed by atoms with Crippen LogP contribution in [0, 0.1) is 0 Å². The number of ether oxygens (including phenoxy) is 1. The van der Waals surface area contributed by atoms with Crippen molar-refractivity contribution in [2.75, 3.05) is 19.7 Å². The van der Waals surface area contributed by atoms with Gasteiger partial charge in [0.15, 0.2) is 6.61 Å². The Hall–Kier alpha value is -2.83. The first-order valence-electron chi connectivity index (χ1n) is 7.60. The van der Waals surface area contributed by atoms with Crippen molar-refractivity contribution in [2.24, 2.45) is 5.73 Å². The van der Waals surface area contributed by atoms with E-state index in [1.807, 2.05) is 0 Å². The second kappa shape index (κ2) is 7.16. The number of benzene rings is 1. The zero-order valence-electron chi connectivity index (χ0n) is 13.7. The van der Waals surface area contributed by atoms with Gasteiger partial charge < -0.3 is 20.7 Å². The maximum Gasteiger partial charge on any atom is 0.255 e. The topological polar surface area (TPSA) is 102 Å². The Labute approximate surface area is 140 Å². The third-order valence-corrected chi connectivity index (χ3v) is 3.80. The van der Waals surface area contributed by atoms with Crippen molar-refractivity contribution in [3.05, 3.63) is 35.9 Å². The van der Waals surface area contributed by atoms with Gasteiger partial charge in [-0.15, -0.1) is 0 Å². The number of hydrogen-bond donors (Lipinski definition) is 2. The molecule has 0 spiro atoms. The maximum absolute atomic E-state index is 12.4. The van der Waals surface area contributed by atoms with Crippen LogP contribution in [0.5, 0.6) is 5.75 Å². The Morgan fingerprint density at radius 3 is 2.62 bits per heavy atom. The van der Waals surface area contributed by atoms with Gasteiger partial charge in [0.25, 0.3) is 5.91 Å². The van der Waals surface area contributed by atoms with Gasteiger partial charge in [0, 0.05) is 19.2 Å². The molecular formula is C17H21N3O4. The first kappa shape index (κ1) is 17.5. The van der Waals surface area contributed by atoms with Crippen LogP contribution in [0.25, 0.3) is 6.08 Å². The zero-order chi connectivity index (χ0) is 17.7. The van der Waals surface area contributed by atoms with Gasteiger partial charge in [-0.2, -0.15) is 0 Å². The second-order valence-electron chi connectivity index (χ2n) is 5.96. The summed E-state index contributed by atoms with van der Waals surface area (Å²) < 4.78 is 5.16. The second-order valence-corrected chi connectivity index (χ2v) is 5.96. The fourth-order valence-corrected chi connectivity index (χ4v) is 2.37. The molecule has 1 heterocycles. The van der Waals surface area contributed by atoms with E-state index in [0.717, 1.165) is 5.56 Å². The molecule has 0 unspecified atom stereocenters. The van der Waals surface area contributed by atoms with Crippen LogP contribution >= 0.6 is 0 Å². The van der Waals surface area contributed by atoms with Crippen LogP contribution < -0.4 is 15.8 Å². The van der Waals surface area contributed by atoms with Gasteiger partial charge >= 0.3 is 0 Å². The van der Waals surface area contributed by atoms with Gasteiger partial charge in [0.2, 0.25) is 11.8 Å². The van der Waals surface area contributed by atoms with Gasteiger partial charge in [0.05, 0.1) is 0 Å². The summed E-state index contributed by atoms with van der Waals surface area (Å²) in [7, 11) is 0. The van der Waals surface area contributed by atoms with E-state index in [1.165, 1.54) is 6.08 Å². The lowest BCUT2D eigenvalue weighted by Gasteiger charge is -2.40. The van der Waals surface area contributed by atoms with Crippen molar-refractivity contribution < 1.29 is 19.1 Å². The average molecular weight is 331 g/mol. The van der Waals surface area contributed by atoms with Crippen LogP contribution in [0.2, 0.25) is 0 Å². The number of rotatable bonds is 5. The summed E-state index contributed by atoms with van der Waals surface area (Å²) in [5.41, 5.74) is 4.94. The molecule has 2 rings (SSSR count). The van der Waals surface area contributed by atoms with Gasteiger partial charge in [-0.05, 0) is 37.6 Å². The molecule has 128 valence electrons. The van der Waals surface area contributed by atoms with E-state index in [2.05, 4.69) is 5.32 Å². The lowest BCUT2D eigenvalue weighted by Crippen LogP contribution is -2.63. The van der Waals surface area contributed by atoms with Crippen LogP contribution in [-0.4, -0.2) is 47.9 Å². The van der Waals surface area contributed by atoms with E-state index in [1.54, 1.807) is 49.1 Å². The van der Waals surface area contributed by atoms with Crippen LogP contribution in [0.1, 0.15) is 19.4 Å². The largest absolute Gasteiger partial charge is 0.484 e. The van der Waals surface area contributed by atoms with E-state index < -0.39 is 11.4 Å². The molecule has 1 aromatic carbocycles. The number of hydrogen-bond acceptors (Lipinski definition) is 4. The number of primary amides is 1. The fraction of sp³-hybridized carbons (Fsp3) is 0.353. The molecule has 0 bridgehead atoms. The lowest BCUT2D eigenvalue weighted by molar-refractivity contribution is -0.146. The van der Waals surface area contributed by atoms with E-state index >= 15 is 0 Å². The SMILES string of the molecule is CC1(C)C(=O)NCCN1C(=O)C=Cc1ccc(OCC(N)=O)cc1. The number of nitrogens with two attached hydrogens (primary N) is 1. The summed E-state index contributed by atoms with van der Waals surface area (Å²) in [4.78, 5) is 36.4. The molecule has 0 aliphatic carbocycles. The molecular weight excluding hydrogens is 310 g/mol. The minimum absolute atomic E-state index is 0.161. The third kappa shape index (κ3) is 4.13. The minimum atomic E-state index is -0.869. The van der Waals surface area contributed by atoms with Crippen molar-refractivity contribution >= 4 is 23.8 Å². The lowest BCUT2D eigenvalue weighted by atomic mass is 9.98. The Balaban J connectivity index is 2.01. The number of amides is 3. The molecule has 3 N–H and O–H groups in total. The smallest absolute Gasteiger partial charge is 0.255 e. The summed E-state index contributed by atoms with van der Waals surface area (Å²) in [6.45, 7) is 4.19. The molecule has 0 radical (unpaired) electrons. The van der Waals surface area contributed by atoms with Crippen molar-refractivity contribution in [1.82, 2.24) is 10.2 Å². The quantitative estimate of drug-likeness (QED) is 0.758. The van der Waals surface area contributed by atoms with Crippen molar-refractivity contribution in [3.63, 3.8) is 0 Å². The highest BCUT2D eigenvalue weighted by Gasteiger charge is 2.39. The predicted molar refractivity (Wildman–Crippen MR) is 89.0 cm³/mol. The highest BCUT2D eigenvalue weighted by Crippen LogP contribution is 2.19. The summed E-state index contributed by atoms with van der Waals surface area (Å²) in [6.07, 6.45) is 3.11. The number of nitrogens with zero attached hydrogens (tertiary/aromatic N) is 1. The van der Waals surface area contributed by atoms with Crippen LogP contribution in [0.4, 0.5) is 0 Å². The zero-order valence-corrected chi connectivity index (χ0v) is 13.7. The fourth-order valence-electron chi connectivity index (χ4n) is 2.37. The molecule has 0 saturated carbocycles. The molecule has 1 saturated heterocycles. The summed E-state index contributed by atoms with van der Waals surface area (Å²) in [5, 5.41) is 2.75. The van der Waals surface area contributed by atoms with E-state index in [0.29, 0.717) is 18.8 Å². The summed E-state index contributed by atoms with van der Waals surface area (Å²) in [5.74, 6) is -0.403. The summed E-state index contributed by atoms with van der Waals surface area (Å²) in [6, 6.07) is 6.89. The summed E-state index contributed by atoms with van der Waals surface area (Å²) >= 11 is 0. The Morgan fingerprint density at radius 2 is 2.00 bits per heavy atom. The highest BCUT2D eigenvalue weighted by molar-refractivity contribution is 5.98. The standard InChI is InChI=1S/C17H21N3O4/c1-17(2)16(23)19-9-10-20(17)15(22)8-5-12-3-6-13(7-4-12)24-11-14(18)21/h3-8H,9-11H2,1-2H3,(H2,18,21)(H,19,23). The van der Waals surface area contributed by atoms with Crippen molar-refractivity contribution in [2.45, 2.75) is 19.4 Å². The third-order valence-electron chi connectivity index (χ3n) is 3.80. The Bertz CT molecular complexity index is 665. The highest BCUT2D eigenvalue weighted by atomic mass is 16.5.